The summed E-state index contributed by atoms with van der Waals surface area (Å²) < 4.78 is 18.3. The van der Waals surface area contributed by atoms with Crippen molar-refractivity contribution in [2.75, 3.05) is 26.4 Å². The van der Waals surface area contributed by atoms with Crippen LogP contribution >= 0.6 is 11.3 Å². The lowest BCUT2D eigenvalue weighted by atomic mass is 9.92. The molecule has 0 radical (unpaired) electrons. The molecule has 2 N–H and O–H groups in total. The highest BCUT2D eigenvalue weighted by atomic mass is 32.1. The molecule has 0 fully saturated rings. The number of benzene rings is 2. The molecule has 2 atom stereocenters. The third-order valence-electron chi connectivity index (χ3n) is 5.25. The first-order valence-corrected chi connectivity index (χ1v) is 11.6. The molecule has 1 aliphatic rings. The fourth-order valence-corrected chi connectivity index (χ4v) is 4.72. The molecule has 0 spiro atoms. The highest BCUT2D eigenvalue weighted by Crippen LogP contribution is 2.38. The summed E-state index contributed by atoms with van der Waals surface area (Å²) in [6.45, 7) is 1.34. The molecule has 0 saturated heterocycles. The van der Waals surface area contributed by atoms with Crippen molar-refractivity contribution in [3.63, 3.8) is 0 Å². The zero-order valence-electron chi connectivity index (χ0n) is 17.7. The summed E-state index contributed by atoms with van der Waals surface area (Å²) in [4.78, 5) is 12.9. The monoisotopic (exact) mass is 453 g/mol. The van der Waals surface area contributed by atoms with Crippen molar-refractivity contribution < 1.29 is 24.1 Å². The molecular weight excluding hydrogens is 426 g/mol. The van der Waals surface area contributed by atoms with Gasteiger partial charge in [-0.3, -0.25) is 4.79 Å². The first kappa shape index (κ1) is 22.5. The summed E-state index contributed by atoms with van der Waals surface area (Å²) in [5, 5.41) is 15.1. The minimum Gasteiger partial charge on any atom is -0.459 e. The summed E-state index contributed by atoms with van der Waals surface area (Å²) in [5.74, 6) is 0.0118. The number of allylic oxidation sites excluding steroid dienone is 1. The smallest absolute Gasteiger partial charge is 0.286 e. The van der Waals surface area contributed by atoms with E-state index in [-0.39, 0.29) is 30.8 Å². The molecule has 0 bridgehead atoms. The predicted octanol–water partition coefficient (Wildman–Crippen LogP) is 3.96. The standard InChI is InChI=1S/C25H27NO5S/c27-10-11-29-12-13-30-24-15-19(21-17-32-23-9-5-4-8-20(21)23)14-22(31-24)25(28)26-16-18-6-2-1-3-7-18/h1-9,14,17,19,24,27H,10-13,15-16H2,(H,26,28)/t19-,24+/m0/s1. The molecular formula is C25H27NO5S. The van der Waals surface area contributed by atoms with Crippen LogP contribution in [0.25, 0.3) is 10.1 Å². The number of aliphatic hydroxyl groups excluding tert-OH is 1. The Morgan fingerprint density at radius 1 is 1.09 bits per heavy atom. The van der Waals surface area contributed by atoms with Crippen molar-refractivity contribution in [3.05, 3.63) is 82.9 Å². The number of aliphatic hydroxyl groups is 1. The minimum absolute atomic E-state index is 0.000681. The fourth-order valence-electron chi connectivity index (χ4n) is 3.69. The van der Waals surface area contributed by atoms with E-state index in [1.807, 2.05) is 48.5 Å². The Bertz CT molecular complexity index is 1050. The van der Waals surface area contributed by atoms with E-state index in [0.717, 1.165) is 5.56 Å². The van der Waals surface area contributed by atoms with Crippen molar-refractivity contribution in [2.24, 2.45) is 0 Å². The number of carbonyl (C=O) groups is 1. The molecule has 6 nitrogen and oxygen atoms in total. The molecule has 3 aromatic rings. The molecule has 0 aliphatic carbocycles. The Hall–Kier alpha value is -2.71. The van der Waals surface area contributed by atoms with Crippen LogP contribution in [-0.4, -0.2) is 43.7 Å². The quantitative estimate of drug-likeness (QED) is 0.455. The van der Waals surface area contributed by atoms with Crippen LogP contribution in [-0.2, 0) is 25.5 Å². The molecule has 1 amide bonds. The molecule has 1 aliphatic heterocycles. The van der Waals surface area contributed by atoms with E-state index in [0.29, 0.717) is 26.2 Å². The number of rotatable bonds is 10. The Morgan fingerprint density at radius 2 is 1.91 bits per heavy atom. The summed E-state index contributed by atoms with van der Waals surface area (Å²) in [6, 6.07) is 18.0. The Kier molecular flexibility index (Phi) is 7.90. The second kappa shape index (κ2) is 11.2. The summed E-state index contributed by atoms with van der Waals surface area (Å²) in [7, 11) is 0. The maximum atomic E-state index is 12.9. The zero-order chi connectivity index (χ0) is 22.2. The average Bonchev–Trinajstić information content (AvgIpc) is 3.27. The normalized spacial score (nSPS) is 18.2. The van der Waals surface area contributed by atoms with Gasteiger partial charge in [-0.1, -0.05) is 48.5 Å². The van der Waals surface area contributed by atoms with Gasteiger partial charge >= 0.3 is 0 Å². The number of carbonyl (C=O) groups excluding carboxylic acids is 1. The number of ether oxygens (including phenoxy) is 3. The molecule has 4 rings (SSSR count). The van der Waals surface area contributed by atoms with Gasteiger partial charge in [-0.2, -0.15) is 0 Å². The van der Waals surface area contributed by atoms with Gasteiger partial charge in [-0.15, -0.1) is 11.3 Å². The molecule has 168 valence electrons. The first-order valence-electron chi connectivity index (χ1n) is 10.7. The van der Waals surface area contributed by atoms with Crippen LogP contribution in [0.2, 0.25) is 0 Å². The van der Waals surface area contributed by atoms with Crippen LogP contribution < -0.4 is 5.32 Å². The molecule has 0 saturated carbocycles. The van der Waals surface area contributed by atoms with Crippen molar-refractivity contribution in [2.45, 2.75) is 25.2 Å². The van der Waals surface area contributed by atoms with Crippen LogP contribution in [0, 0.1) is 0 Å². The predicted molar refractivity (Wildman–Crippen MR) is 124 cm³/mol. The van der Waals surface area contributed by atoms with Crippen LogP contribution in [0.5, 0.6) is 0 Å². The second-order valence-corrected chi connectivity index (χ2v) is 8.39. The van der Waals surface area contributed by atoms with Crippen molar-refractivity contribution in [1.29, 1.82) is 0 Å². The van der Waals surface area contributed by atoms with Crippen molar-refractivity contribution in [1.82, 2.24) is 5.32 Å². The maximum absolute atomic E-state index is 12.9. The van der Waals surface area contributed by atoms with E-state index < -0.39 is 6.29 Å². The Morgan fingerprint density at radius 3 is 2.75 bits per heavy atom. The van der Waals surface area contributed by atoms with Gasteiger partial charge in [-0.05, 0) is 34.0 Å². The highest BCUT2D eigenvalue weighted by Gasteiger charge is 2.30. The van der Waals surface area contributed by atoms with E-state index in [1.54, 1.807) is 11.3 Å². The summed E-state index contributed by atoms with van der Waals surface area (Å²) in [6.07, 6.45) is 1.95. The number of amides is 1. The third-order valence-corrected chi connectivity index (χ3v) is 6.24. The fraction of sp³-hybridized carbons (Fsp3) is 0.320. The molecule has 2 aromatic carbocycles. The number of hydrogen-bond donors (Lipinski definition) is 2. The average molecular weight is 454 g/mol. The van der Waals surface area contributed by atoms with E-state index in [9.17, 15) is 4.79 Å². The largest absolute Gasteiger partial charge is 0.459 e. The van der Waals surface area contributed by atoms with Crippen LogP contribution in [0.15, 0.2) is 71.8 Å². The molecule has 2 heterocycles. The van der Waals surface area contributed by atoms with Crippen LogP contribution in [0.4, 0.5) is 0 Å². The Balaban J connectivity index is 1.49. The number of fused-ring (bicyclic) bond motifs is 1. The van der Waals surface area contributed by atoms with Gasteiger partial charge in [0.05, 0.1) is 26.4 Å². The van der Waals surface area contributed by atoms with Gasteiger partial charge in [0.1, 0.15) is 0 Å². The molecule has 1 aromatic heterocycles. The van der Waals surface area contributed by atoms with Crippen molar-refractivity contribution >= 4 is 27.3 Å². The lowest BCUT2D eigenvalue weighted by molar-refractivity contribution is -0.151. The topological polar surface area (TPSA) is 77.0 Å². The maximum Gasteiger partial charge on any atom is 0.286 e. The van der Waals surface area contributed by atoms with Gasteiger partial charge in [0.25, 0.3) is 5.91 Å². The Labute approximate surface area is 191 Å². The van der Waals surface area contributed by atoms with Crippen LogP contribution in [0.3, 0.4) is 0 Å². The van der Waals surface area contributed by atoms with Crippen molar-refractivity contribution in [3.8, 4) is 0 Å². The van der Waals surface area contributed by atoms with E-state index >= 15 is 0 Å². The van der Waals surface area contributed by atoms with Gasteiger partial charge < -0.3 is 24.6 Å². The molecule has 0 unspecified atom stereocenters. The number of hydrogen-bond acceptors (Lipinski definition) is 6. The third kappa shape index (κ3) is 5.75. The van der Waals surface area contributed by atoms with Gasteiger partial charge in [-0.25, -0.2) is 0 Å². The van der Waals surface area contributed by atoms with Crippen LogP contribution in [0.1, 0.15) is 23.5 Å². The molecule has 32 heavy (non-hydrogen) atoms. The second-order valence-electron chi connectivity index (χ2n) is 7.48. The zero-order valence-corrected chi connectivity index (χ0v) is 18.6. The lowest BCUT2D eigenvalue weighted by Gasteiger charge is -2.29. The summed E-state index contributed by atoms with van der Waals surface area (Å²) >= 11 is 1.70. The summed E-state index contributed by atoms with van der Waals surface area (Å²) in [5.41, 5.74) is 2.19. The SMILES string of the molecule is O=C(NCc1ccccc1)C1=C[C@H](c2csc3ccccc23)C[C@H](OCCOCCO)O1. The number of nitrogens with one attached hydrogen (secondary N) is 1. The van der Waals surface area contributed by atoms with E-state index in [2.05, 4.69) is 22.8 Å². The number of thiophene rings is 1. The lowest BCUT2D eigenvalue weighted by Crippen LogP contribution is -2.33. The highest BCUT2D eigenvalue weighted by molar-refractivity contribution is 7.17. The van der Waals surface area contributed by atoms with Gasteiger partial charge in [0.2, 0.25) is 6.29 Å². The van der Waals surface area contributed by atoms with Gasteiger partial charge in [0.15, 0.2) is 5.76 Å². The van der Waals surface area contributed by atoms with E-state index in [4.69, 9.17) is 19.3 Å². The molecule has 7 heteroatoms. The van der Waals surface area contributed by atoms with Gasteiger partial charge in [0, 0.05) is 23.6 Å². The first-order chi connectivity index (χ1) is 15.7. The van der Waals surface area contributed by atoms with E-state index in [1.165, 1.54) is 15.6 Å². The minimum atomic E-state index is -0.557.